The van der Waals surface area contributed by atoms with Gasteiger partial charge in [-0.3, -0.25) is 0 Å². The van der Waals surface area contributed by atoms with Crippen molar-refractivity contribution in [1.82, 2.24) is 0 Å². The van der Waals surface area contributed by atoms with E-state index in [2.05, 4.69) is 17.2 Å². The maximum Gasteiger partial charge on any atom is 0.110 e. The summed E-state index contributed by atoms with van der Waals surface area (Å²) in [5.74, 6) is 0. The highest BCUT2D eigenvalue weighted by atomic mass is 17.2. The molecule has 2 aromatic rings. The standard InChI is InChI=1S/C19H24N2O3/c1-15(2)13-23-24-14-19(22)12-20-16-8-10-18(11-9-16)21-17-6-4-3-5-7-17/h3-11,19-22H,1,12-14H2,2H3. The molecule has 0 bridgehead atoms. The summed E-state index contributed by atoms with van der Waals surface area (Å²) in [6.45, 7) is 6.35. The Morgan fingerprint density at radius 3 is 2.29 bits per heavy atom. The number of anilines is 3. The van der Waals surface area contributed by atoms with Crippen molar-refractivity contribution in [2.45, 2.75) is 13.0 Å². The lowest BCUT2D eigenvalue weighted by molar-refractivity contribution is -0.297. The molecule has 0 saturated carbocycles. The highest BCUT2D eigenvalue weighted by molar-refractivity contribution is 5.62. The van der Waals surface area contributed by atoms with Gasteiger partial charge in [-0.25, -0.2) is 9.78 Å². The van der Waals surface area contributed by atoms with Crippen molar-refractivity contribution in [3.8, 4) is 0 Å². The van der Waals surface area contributed by atoms with E-state index in [1.807, 2.05) is 61.5 Å². The summed E-state index contributed by atoms with van der Waals surface area (Å²) in [6.07, 6.45) is -0.655. The number of rotatable bonds is 10. The Morgan fingerprint density at radius 2 is 1.62 bits per heavy atom. The molecule has 5 nitrogen and oxygen atoms in total. The average molecular weight is 328 g/mol. The van der Waals surface area contributed by atoms with E-state index in [9.17, 15) is 5.11 Å². The Balaban J connectivity index is 1.70. The van der Waals surface area contributed by atoms with Gasteiger partial charge in [-0.2, -0.15) is 0 Å². The predicted octanol–water partition coefficient (Wildman–Crippen LogP) is 3.73. The Hall–Kier alpha value is -2.34. The Bertz CT molecular complexity index is 614. The normalized spacial score (nSPS) is 11.8. The SMILES string of the molecule is C=C(C)COOCC(O)CNc1ccc(Nc2ccccc2)cc1. The molecule has 0 radical (unpaired) electrons. The minimum atomic E-state index is -0.655. The quantitative estimate of drug-likeness (QED) is 0.268. The summed E-state index contributed by atoms with van der Waals surface area (Å²) >= 11 is 0. The van der Waals surface area contributed by atoms with Crippen LogP contribution in [0, 0.1) is 0 Å². The topological polar surface area (TPSA) is 62.8 Å². The first-order chi connectivity index (χ1) is 11.6. The number of hydrogen-bond donors (Lipinski definition) is 3. The molecule has 0 aliphatic carbocycles. The number of benzene rings is 2. The van der Waals surface area contributed by atoms with Gasteiger partial charge in [0.15, 0.2) is 0 Å². The highest BCUT2D eigenvalue weighted by Gasteiger charge is 2.05. The summed E-state index contributed by atoms with van der Waals surface area (Å²) in [7, 11) is 0. The second-order valence-corrected chi connectivity index (χ2v) is 5.61. The molecule has 5 heteroatoms. The number of para-hydroxylation sites is 1. The number of aliphatic hydroxyl groups excluding tert-OH is 1. The smallest absolute Gasteiger partial charge is 0.110 e. The van der Waals surface area contributed by atoms with E-state index in [4.69, 9.17) is 9.78 Å². The molecular weight excluding hydrogens is 304 g/mol. The van der Waals surface area contributed by atoms with Crippen LogP contribution in [-0.2, 0) is 9.78 Å². The number of hydrogen-bond acceptors (Lipinski definition) is 5. The van der Waals surface area contributed by atoms with Gasteiger partial charge < -0.3 is 15.7 Å². The molecule has 1 atom stereocenters. The molecule has 2 rings (SSSR count). The summed E-state index contributed by atoms with van der Waals surface area (Å²) in [4.78, 5) is 9.81. The van der Waals surface area contributed by atoms with Crippen molar-refractivity contribution in [1.29, 1.82) is 0 Å². The largest absolute Gasteiger partial charge is 0.389 e. The Kier molecular flexibility index (Phi) is 7.29. The minimum Gasteiger partial charge on any atom is -0.389 e. The summed E-state index contributed by atoms with van der Waals surface area (Å²) < 4.78 is 0. The van der Waals surface area contributed by atoms with Crippen molar-refractivity contribution in [2.24, 2.45) is 0 Å². The molecule has 128 valence electrons. The molecule has 0 fully saturated rings. The minimum absolute atomic E-state index is 0.105. The highest BCUT2D eigenvalue weighted by Crippen LogP contribution is 2.18. The van der Waals surface area contributed by atoms with Crippen LogP contribution in [0.15, 0.2) is 66.7 Å². The lowest BCUT2D eigenvalue weighted by atomic mass is 10.2. The molecule has 3 N–H and O–H groups in total. The van der Waals surface area contributed by atoms with Gasteiger partial charge in [-0.1, -0.05) is 30.4 Å². The lowest BCUT2D eigenvalue weighted by Crippen LogP contribution is -2.25. The fraction of sp³-hybridized carbons (Fsp3) is 0.263. The number of aliphatic hydroxyl groups is 1. The van der Waals surface area contributed by atoms with E-state index in [1.54, 1.807) is 0 Å². The molecule has 1 unspecified atom stereocenters. The van der Waals surface area contributed by atoms with Gasteiger partial charge in [0.1, 0.15) is 13.2 Å². The Labute approximate surface area is 142 Å². The van der Waals surface area contributed by atoms with Crippen LogP contribution < -0.4 is 10.6 Å². The van der Waals surface area contributed by atoms with Crippen LogP contribution in [0.3, 0.4) is 0 Å². The fourth-order valence-electron chi connectivity index (χ4n) is 1.92. The van der Waals surface area contributed by atoms with E-state index in [1.165, 1.54) is 0 Å². The molecule has 0 aliphatic heterocycles. The fourth-order valence-corrected chi connectivity index (χ4v) is 1.92. The number of nitrogens with one attached hydrogen (secondary N) is 2. The van der Waals surface area contributed by atoms with Gasteiger partial charge in [0.25, 0.3) is 0 Å². The van der Waals surface area contributed by atoms with E-state index in [-0.39, 0.29) is 6.61 Å². The van der Waals surface area contributed by atoms with Crippen LogP contribution >= 0.6 is 0 Å². The van der Waals surface area contributed by atoms with Gasteiger partial charge in [-0.05, 0) is 43.3 Å². The van der Waals surface area contributed by atoms with Gasteiger partial charge in [-0.15, -0.1) is 0 Å². The van der Waals surface area contributed by atoms with Gasteiger partial charge in [0, 0.05) is 23.6 Å². The van der Waals surface area contributed by atoms with Crippen LogP contribution in [0.1, 0.15) is 6.92 Å². The first-order valence-corrected chi connectivity index (χ1v) is 7.86. The molecule has 0 amide bonds. The van der Waals surface area contributed by atoms with E-state index < -0.39 is 6.10 Å². The molecule has 0 spiro atoms. The maximum absolute atomic E-state index is 9.82. The monoisotopic (exact) mass is 328 g/mol. The lowest BCUT2D eigenvalue weighted by Gasteiger charge is -2.13. The van der Waals surface area contributed by atoms with E-state index in [0.717, 1.165) is 22.6 Å². The third-order valence-corrected chi connectivity index (χ3v) is 3.14. The Morgan fingerprint density at radius 1 is 1.00 bits per heavy atom. The second-order valence-electron chi connectivity index (χ2n) is 5.61. The zero-order valence-corrected chi connectivity index (χ0v) is 13.9. The van der Waals surface area contributed by atoms with E-state index >= 15 is 0 Å². The van der Waals surface area contributed by atoms with Crippen molar-refractivity contribution in [2.75, 3.05) is 30.4 Å². The first-order valence-electron chi connectivity index (χ1n) is 7.86. The van der Waals surface area contributed by atoms with Crippen LogP contribution in [0.5, 0.6) is 0 Å². The molecule has 0 saturated heterocycles. The summed E-state index contributed by atoms with van der Waals surface area (Å²) in [6, 6.07) is 17.9. The van der Waals surface area contributed by atoms with Crippen LogP contribution in [-0.4, -0.2) is 31.0 Å². The van der Waals surface area contributed by atoms with Crippen molar-refractivity contribution < 1.29 is 14.9 Å². The second kappa shape index (κ2) is 9.72. The van der Waals surface area contributed by atoms with Crippen molar-refractivity contribution >= 4 is 17.1 Å². The molecule has 0 aromatic heterocycles. The van der Waals surface area contributed by atoms with Gasteiger partial charge >= 0.3 is 0 Å². The third-order valence-electron chi connectivity index (χ3n) is 3.14. The zero-order chi connectivity index (χ0) is 17.2. The van der Waals surface area contributed by atoms with Gasteiger partial charge in [0.2, 0.25) is 0 Å². The molecule has 0 heterocycles. The molecule has 2 aromatic carbocycles. The maximum atomic E-state index is 9.82. The van der Waals surface area contributed by atoms with Crippen molar-refractivity contribution in [3.05, 3.63) is 66.7 Å². The van der Waals surface area contributed by atoms with E-state index in [0.29, 0.717) is 13.2 Å². The van der Waals surface area contributed by atoms with Crippen LogP contribution in [0.4, 0.5) is 17.1 Å². The third kappa shape index (κ3) is 6.83. The van der Waals surface area contributed by atoms with Crippen molar-refractivity contribution in [3.63, 3.8) is 0 Å². The molecular formula is C19H24N2O3. The molecule has 0 aliphatic rings. The first kappa shape index (κ1) is 18.0. The predicted molar refractivity (Wildman–Crippen MR) is 97.4 cm³/mol. The summed E-state index contributed by atoms with van der Waals surface area (Å²) in [5.41, 5.74) is 3.84. The van der Waals surface area contributed by atoms with Gasteiger partial charge in [0.05, 0.1) is 6.10 Å². The van der Waals surface area contributed by atoms with Crippen LogP contribution in [0.25, 0.3) is 0 Å². The summed E-state index contributed by atoms with van der Waals surface area (Å²) in [5, 5.41) is 16.3. The zero-order valence-electron chi connectivity index (χ0n) is 13.9. The van der Waals surface area contributed by atoms with Crippen LogP contribution in [0.2, 0.25) is 0 Å². The molecule has 24 heavy (non-hydrogen) atoms. The average Bonchev–Trinajstić information content (AvgIpc) is 2.59.